The SMILES string of the molecule is C.CO.CSC(=N)N.N=C(N)CCCc1c(Cl)cccc1Cl.NCCc1c(Cl)cccc1Cl.O=S(=O)(O)O. The Hall–Kier alpha value is -1.32. The summed E-state index contributed by atoms with van der Waals surface area (Å²) in [6, 6.07) is 10.9. The van der Waals surface area contributed by atoms with E-state index in [1.54, 1.807) is 6.26 Å². The highest BCUT2D eigenvalue weighted by Crippen LogP contribution is 2.26. The third-order valence-corrected chi connectivity index (χ3v) is 5.47. The summed E-state index contributed by atoms with van der Waals surface area (Å²) in [4.78, 5) is 0. The Morgan fingerprint density at radius 2 is 1.16 bits per heavy atom. The molecule has 2 aromatic rings. The number of amidine groups is 2. The third-order valence-electron chi connectivity index (χ3n) is 3.61. The maximum atomic E-state index is 8.74. The lowest BCUT2D eigenvalue weighted by Crippen LogP contribution is -2.09. The second-order valence-corrected chi connectivity index (χ2v) is 9.71. The Labute approximate surface area is 249 Å². The van der Waals surface area contributed by atoms with E-state index in [1.165, 1.54) is 11.8 Å². The maximum absolute atomic E-state index is 8.74. The molecule has 10 nitrogen and oxygen atoms in total. The average molecular weight is 658 g/mol. The zero-order valence-electron chi connectivity index (χ0n) is 20.2. The van der Waals surface area contributed by atoms with Gasteiger partial charge in [-0.05, 0) is 67.5 Å². The zero-order valence-corrected chi connectivity index (χ0v) is 24.9. The molecule has 0 saturated carbocycles. The van der Waals surface area contributed by atoms with E-state index in [9.17, 15) is 0 Å². The van der Waals surface area contributed by atoms with Crippen LogP contribution in [0.15, 0.2) is 36.4 Å². The van der Waals surface area contributed by atoms with Gasteiger partial charge < -0.3 is 22.3 Å². The Kier molecular flexibility index (Phi) is 29.8. The molecule has 2 rings (SSSR count). The van der Waals surface area contributed by atoms with Gasteiger partial charge in [0, 0.05) is 33.6 Å². The summed E-state index contributed by atoms with van der Waals surface area (Å²) in [5.74, 6) is 0.202. The van der Waals surface area contributed by atoms with E-state index in [4.69, 9.17) is 97.1 Å². The standard InChI is InChI=1S/C10H12Cl2N2.C8H9Cl2N.C2H6N2S.CH4O.CH4.H2O4S/c11-8-4-2-5-9(12)7(8)3-1-6-10(13)14;9-7-2-1-3-8(10)6(7)4-5-11;1-5-2(3)4;1-2;;1-5(2,3)4/h2,4-5H,1,3,6H2,(H3,13,14);1-3H,4-5,11H2;1H3,(H3,3,4);2H,1H3;1H4;(H2,1,2,3,4). The summed E-state index contributed by atoms with van der Waals surface area (Å²) >= 11 is 24.9. The van der Waals surface area contributed by atoms with Gasteiger partial charge in [0.15, 0.2) is 5.17 Å². The number of rotatable bonds is 6. The van der Waals surface area contributed by atoms with Crippen LogP contribution >= 0.6 is 58.2 Å². The topological polar surface area (TPSA) is 221 Å². The van der Waals surface area contributed by atoms with E-state index in [1.807, 2.05) is 36.4 Å². The number of benzene rings is 2. The maximum Gasteiger partial charge on any atom is 0.394 e. The van der Waals surface area contributed by atoms with Gasteiger partial charge in [-0.3, -0.25) is 19.9 Å². The van der Waals surface area contributed by atoms with E-state index >= 15 is 0 Å². The largest absolute Gasteiger partial charge is 0.400 e. The molecule has 0 fully saturated rings. The minimum atomic E-state index is -4.67. The van der Waals surface area contributed by atoms with Crippen LogP contribution in [0.1, 0.15) is 31.4 Å². The normalized spacial score (nSPS) is 9.32. The van der Waals surface area contributed by atoms with Crippen molar-refractivity contribution < 1.29 is 22.6 Å². The van der Waals surface area contributed by atoms with Crippen LogP contribution < -0.4 is 17.2 Å². The van der Waals surface area contributed by atoms with Crippen molar-refractivity contribution in [3.63, 3.8) is 0 Å². The molecular weight excluding hydrogens is 620 g/mol. The molecule has 0 bridgehead atoms. The molecule has 16 heteroatoms. The van der Waals surface area contributed by atoms with Crippen molar-refractivity contribution in [2.45, 2.75) is 33.1 Å². The first-order chi connectivity index (χ1) is 17.1. The average Bonchev–Trinajstić information content (AvgIpc) is 2.79. The predicted molar refractivity (Wildman–Crippen MR) is 165 cm³/mol. The molecule has 2 aromatic carbocycles. The lowest BCUT2D eigenvalue weighted by molar-refractivity contribution is 0.381. The fourth-order valence-electron chi connectivity index (χ4n) is 2.14. The monoisotopic (exact) mass is 655 g/mol. The highest BCUT2D eigenvalue weighted by molar-refractivity contribution is 8.13. The molecule has 0 heterocycles. The molecule has 0 atom stereocenters. The van der Waals surface area contributed by atoms with Gasteiger partial charge in [-0.25, -0.2) is 0 Å². The lowest BCUT2D eigenvalue weighted by atomic mass is 10.1. The van der Waals surface area contributed by atoms with E-state index in [2.05, 4.69) is 0 Å². The second-order valence-electron chi connectivity index (χ2n) is 6.33. The molecule has 38 heavy (non-hydrogen) atoms. The van der Waals surface area contributed by atoms with Gasteiger partial charge >= 0.3 is 10.4 Å². The molecule has 0 aliphatic heterocycles. The van der Waals surface area contributed by atoms with Crippen molar-refractivity contribution in [1.29, 1.82) is 10.8 Å². The van der Waals surface area contributed by atoms with Gasteiger partial charge in [0.05, 0.1) is 5.84 Å². The van der Waals surface area contributed by atoms with Crippen LogP contribution in [-0.4, -0.2) is 53.5 Å². The minimum absolute atomic E-state index is 0. The highest BCUT2D eigenvalue weighted by atomic mass is 35.5. The van der Waals surface area contributed by atoms with Crippen molar-refractivity contribution in [3.8, 4) is 0 Å². The first-order valence-electron chi connectivity index (χ1n) is 10.0. The zero-order chi connectivity index (χ0) is 29.6. The summed E-state index contributed by atoms with van der Waals surface area (Å²) in [5.41, 5.74) is 17.4. The van der Waals surface area contributed by atoms with Crippen LogP contribution in [0.3, 0.4) is 0 Å². The van der Waals surface area contributed by atoms with Crippen molar-refractivity contribution in [2.75, 3.05) is 19.9 Å². The molecular formula is C22H37Cl4N5O5S2. The second kappa shape index (κ2) is 25.9. The van der Waals surface area contributed by atoms with Crippen LogP contribution in [0.25, 0.3) is 0 Å². The number of nitrogens with two attached hydrogens (primary N) is 3. The van der Waals surface area contributed by atoms with Crippen molar-refractivity contribution in [2.24, 2.45) is 17.2 Å². The Morgan fingerprint density at radius 3 is 1.39 bits per heavy atom. The molecule has 0 radical (unpaired) electrons. The number of aliphatic hydroxyl groups excluding tert-OH is 1. The first-order valence-corrected chi connectivity index (χ1v) is 14.2. The van der Waals surface area contributed by atoms with Crippen molar-refractivity contribution in [3.05, 3.63) is 67.6 Å². The summed E-state index contributed by atoms with van der Waals surface area (Å²) in [6.45, 7) is 0.573. The number of halogens is 4. The third kappa shape index (κ3) is 27.7. The fourth-order valence-corrected chi connectivity index (χ4v) is 3.32. The van der Waals surface area contributed by atoms with Crippen LogP contribution in [0.5, 0.6) is 0 Å². The number of nitrogens with one attached hydrogen (secondary N) is 2. The Bertz CT molecular complexity index is 1000. The Balaban J connectivity index is -0.000000214. The van der Waals surface area contributed by atoms with E-state index in [0.29, 0.717) is 33.1 Å². The van der Waals surface area contributed by atoms with Gasteiger partial charge in [-0.1, -0.05) is 77.7 Å². The molecule has 0 amide bonds. The quantitative estimate of drug-likeness (QED) is 0.110. The van der Waals surface area contributed by atoms with Crippen LogP contribution in [0.4, 0.5) is 0 Å². The summed E-state index contributed by atoms with van der Waals surface area (Å²) in [5, 5.41) is 23.5. The molecule has 0 aliphatic carbocycles. The molecule has 220 valence electrons. The number of hydrogen-bond acceptors (Lipinski definition) is 7. The van der Waals surface area contributed by atoms with E-state index in [0.717, 1.165) is 37.5 Å². The van der Waals surface area contributed by atoms with Gasteiger partial charge in [-0.2, -0.15) is 8.42 Å². The van der Waals surface area contributed by atoms with Gasteiger partial charge in [-0.15, -0.1) is 0 Å². The lowest BCUT2D eigenvalue weighted by Gasteiger charge is -2.05. The number of hydrogen-bond donors (Lipinski definition) is 8. The summed E-state index contributed by atoms with van der Waals surface area (Å²) < 4.78 is 31.6. The Morgan fingerprint density at radius 1 is 0.868 bits per heavy atom. The van der Waals surface area contributed by atoms with E-state index < -0.39 is 10.4 Å². The molecule has 11 N–H and O–H groups in total. The number of thioether (sulfide) groups is 1. The molecule has 0 unspecified atom stereocenters. The first kappa shape index (κ1) is 43.7. The number of aliphatic hydroxyl groups is 1. The molecule has 0 spiro atoms. The van der Waals surface area contributed by atoms with Crippen LogP contribution in [0, 0.1) is 10.8 Å². The fraction of sp³-hybridized carbons (Fsp3) is 0.364. The van der Waals surface area contributed by atoms with Gasteiger partial charge in [0.1, 0.15) is 0 Å². The minimum Gasteiger partial charge on any atom is -0.400 e. The van der Waals surface area contributed by atoms with E-state index in [-0.39, 0.29) is 18.4 Å². The predicted octanol–water partition coefficient (Wildman–Crippen LogP) is 5.58. The van der Waals surface area contributed by atoms with Gasteiger partial charge in [0.2, 0.25) is 0 Å². The van der Waals surface area contributed by atoms with Crippen LogP contribution in [0.2, 0.25) is 20.1 Å². The molecule has 0 saturated heterocycles. The molecule has 0 aliphatic rings. The molecule has 0 aromatic heterocycles. The smallest absolute Gasteiger partial charge is 0.394 e. The van der Waals surface area contributed by atoms with Crippen molar-refractivity contribution in [1.82, 2.24) is 0 Å². The summed E-state index contributed by atoms with van der Waals surface area (Å²) in [7, 11) is -3.67. The van der Waals surface area contributed by atoms with Crippen molar-refractivity contribution >= 4 is 79.6 Å². The van der Waals surface area contributed by atoms with Crippen LogP contribution in [-0.2, 0) is 23.2 Å². The summed E-state index contributed by atoms with van der Waals surface area (Å²) in [6.07, 6.45) is 4.65. The highest BCUT2D eigenvalue weighted by Gasteiger charge is 2.05. The van der Waals surface area contributed by atoms with Gasteiger partial charge in [0.25, 0.3) is 0 Å².